The molecule has 2 rings (SSSR count). The highest BCUT2D eigenvalue weighted by Crippen LogP contribution is 2.27. The predicted molar refractivity (Wildman–Crippen MR) is 69.0 cm³/mol. The second-order valence-electron chi connectivity index (χ2n) is 4.15. The Hall–Kier alpha value is -1.99. The Bertz CT molecular complexity index is 743. The molecule has 0 fully saturated rings. The van der Waals surface area contributed by atoms with E-state index in [1.165, 1.54) is 24.3 Å². The SMILES string of the molecule is Cc1cc(F)c(F)cc1Oc1ccc(S(N)(=O)=O)cc1. The van der Waals surface area contributed by atoms with Gasteiger partial charge in [-0.05, 0) is 42.8 Å². The first-order chi connectivity index (χ1) is 9.27. The van der Waals surface area contributed by atoms with Crippen LogP contribution in [0.5, 0.6) is 11.5 Å². The van der Waals surface area contributed by atoms with E-state index in [0.29, 0.717) is 5.56 Å². The van der Waals surface area contributed by atoms with E-state index < -0.39 is 21.7 Å². The van der Waals surface area contributed by atoms with Gasteiger partial charge >= 0.3 is 0 Å². The molecule has 0 atom stereocenters. The highest BCUT2D eigenvalue weighted by Gasteiger charge is 2.10. The number of nitrogens with two attached hydrogens (primary N) is 1. The maximum atomic E-state index is 13.1. The molecule has 0 aliphatic heterocycles. The van der Waals surface area contributed by atoms with E-state index >= 15 is 0 Å². The summed E-state index contributed by atoms with van der Waals surface area (Å²) >= 11 is 0. The second-order valence-corrected chi connectivity index (χ2v) is 5.71. The van der Waals surface area contributed by atoms with E-state index in [-0.39, 0.29) is 16.4 Å². The van der Waals surface area contributed by atoms with Gasteiger partial charge < -0.3 is 4.74 Å². The van der Waals surface area contributed by atoms with Crippen molar-refractivity contribution in [2.45, 2.75) is 11.8 Å². The van der Waals surface area contributed by atoms with Crippen molar-refractivity contribution >= 4 is 10.0 Å². The average Bonchev–Trinajstić information content (AvgIpc) is 2.35. The summed E-state index contributed by atoms with van der Waals surface area (Å²) < 4.78 is 53.6. The quantitative estimate of drug-likeness (QED) is 0.947. The van der Waals surface area contributed by atoms with Crippen LogP contribution < -0.4 is 9.88 Å². The van der Waals surface area contributed by atoms with Gasteiger partial charge in [-0.3, -0.25) is 0 Å². The van der Waals surface area contributed by atoms with Crippen LogP contribution in [0.4, 0.5) is 8.78 Å². The predicted octanol–water partition coefficient (Wildman–Crippen LogP) is 2.71. The topological polar surface area (TPSA) is 69.4 Å². The summed E-state index contributed by atoms with van der Waals surface area (Å²) in [5, 5.41) is 4.96. The number of hydrogen-bond acceptors (Lipinski definition) is 3. The van der Waals surface area contributed by atoms with Crippen LogP contribution >= 0.6 is 0 Å². The molecule has 7 heteroatoms. The minimum absolute atomic E-state index is 0.0631. The fourth-order valence-corrected chi connectivity index (χ4v) is 2.08. The van der Waals surface area contributed by atoms with Gasteiger partial charge in [0.05, 0.1) is 4.90 Å². The van der Waals surface area contributed by atoms with Crippen LogP contribution in [0.25, 0.3) is 0 Å². The van der Waals surface area contributed by atoms with Crippen molar-refractivity contribution in [2.24, 2.45) is 5.14 Å². The first-order valence-corrected chi connectivity index (χ1v) is 7.08. The number of halogens is 2. The summed E-state index contributed by atoms with van der Waals surface area (Å²) in [5.41, 5.74) is 0.416. The van der Waals surface area contributed by atoms with E-state index in [2.05, 4.69) is 0 Å². The fraction of sp³-hybridized carbons (Fsp3) is 0.0769. The summed E-state index contributed by atoms with van der Waals surface area (Å²) in [7, 11) is -3.78. The Morgan fingerprint density at radius 3 is 2.15 bits per heavy atom. The first kappa shape index (κ1) is 14.4. The van der Waals surface area contributed by atoms with E-state index in [9.17, 15) is 17.2 Å². The van der Waals surface area contributed by atoms with Crippen LogP contribution in [0.2, 0.25) is 0 Å². The fourth-order valence-electron chi connectivity index (χ4n) is 1.56. The normalized spacial score (nSPS) is 11.4. The second kappa shape index (κ2) is 5.18. The minimum Gasteiger partial charge on any atom is -0.457 e. The van der Waals surface area contributed by atoms with Gasteiger partial charge in [0.2, 0.25) is 10.0 Å². The van der Waals surface area contributed by atoms with Gasteiger partial charge in [0, 0.05) is 6.07 Å². The van der Waals surface area contributed by atoms with Crippen LogP contribution in [-0.2, 0) is 10.0 Å². The maximum Gasteiger partial charge on any atom is 0.238 e. The van der Waals surface area contributed by atoms with Gasteiger partial charge in [-0.15, -0.1) is 0 Å². The van der Waals surface area contributed by atoms with Gasteiger partial charge in [-0.1, -0.05) is 0 Å². The maximum absolute atomic E-state index is 13.1. The number of aryl methyl sites for hydroxylation is 1. The molecule has 0 saturated carbocycles. The average molecular weight is 299 g/mol. The van der Waals surface area contributed by atoms with Crippen LogP contribution in [0, 0.1) is 18.6 Å². The third-order valence-electron chi connectivity index (χ3n) is 2.60. The molecule has 4 nitrogen and oxygen atoms in total. The minimum atomic E-state index is -3.78. The summed E-state index contributed by atoms with van der Waals surface area (Å²) in [6, 6.07) is 7.22. The third kappa shape index (κ3) is 3.12. The smallest absolute Gasteiger partial charge is 0.238 e. The van der Waals surface area contributed by atoms with Gasteiger partial charge in [0.1, 0.15) is 11.5 Å². The highest BCUT2D eigenvalue weighted by atomic mass is 32.2. The first-order valence-electron chi connectivity index (χ1n) is 5.54. The molecule has 0 spiro atoms. The Balaban J connectivity index is 2.29. The Morgan fingerprint density at radius 2 is 1.60 bits per heavy atom. The van der Waals surface area contributed by atoms with Gasteiger partial charge in [0.25, 0.3) is 0 Å². The molecule has 106 valence electrons. The van der Waals surface area contributed by atoms with Crippen LogP contribution in [0.15, 0.2) is 41.3 Å². The number of sulfonamides is 1. The lowest BCUT2D eigenvalue weighted by molar-refractivity contribution is 0.457. The Labute approximate surface area is 114 Å². The number of rotatable bonds is 3. The summed E-state index contributed by atoms with van der Waals surface area (Å²) in [6.45, 7) is 1.57. The molecule has 0 bridgehead atoms. The lowest BCUT2D eigenvalue weighted by Crippen LogP contribution is -2.11. The summed E-state index contributed by atoms with van der Waals surface area (Å²) in [6.07, 6.45) is 0. The summed E-state index contributed by atoms with van der Waals surface area (Å²) in [5.74, 6) is -1.55. The van der Waals surface area contributed by atoms with Crippen molar-refractivity contribution < 1.29 is 21.9 Å². The third-order valence-corrected chi connectivity index (χ3v) is 3.53. The van der Waals surface area contributed by atoms with Crippen molar-refractivity contribution in [2.75, 3.05) is 0 Å². The largest absolute Gasteiger partial charge is 0.457 e. The van der Waals surface area contributed by atoms with E-state index in [1.54, 1.807) is 6.92 Å². The van der Waals surface area contributed by atoms with Crippen molar-refractivity contribution in [3.05, 3.63) is 53.6 Å². The summed E-state index contributed by atoms with van der Waals surface area (Å²) in [4.78, 5) is -0.0631. The van der Waals surface area contributed by atoms with Crippen molar-refractivity contribution in [1.29, 1.82) is 0 Å². The van der Waals surface area contributed by atoms with Gasteiger partial charge in [0.15, 0.2) is 11.6 Å². The van der Waals surface area contributed by atoms with Crippen molar-refractivity contribution in [3.8, 4) is 11.5 Å². The highest BCUT2D eigenvalue weighted by molar-refractivity contribution is 7.89. The van der Waals surface area contributed by atoms with Crippen LogP contribution in [0.3, 0.4) is 0 Å². The molecule has 0 aliphatic rings. The zero-order valence-electron chi connectivity index (χ0n) is 10.4. The van der Waals surface area contributed by atoms with Crippen molar-refractivity contribution in [1.82, 2.24) is 0 Å². The molecular formula is C13H11F2NO3S. The lowest BCUT2D eigenvalue weighted by atomic mass is 10.2. The van der Waals surface area contributed by atoms with Gasteiger partial charge in [-0.25, -0.2) is 22.3 Å². The molecule has 2 N–H and O–H groups in total. The Kier molecular flexibility index (Phi) is 3.74. The van der Waals surface area contributed by atoms with Crippen LogP contribution in [-0.4, -0.2) is 8.42 Å². The van der Waals surface area contributed by atoms with E-state index in [4.69, 9.17) is 9.88 Å². The molecule has 0 unspecified atom stereocenters. The number of primary sulfonamides is 1. The molecule has 0 saturated heterocycles. The zero-order chi connectivity index (χ0) is 14.9. The van der Waals surface area contributed by atoms with Gasteiger partial charge in [-0.2, -0.15) is 0 Å². The molecule has 0 aliphatic carbocycles. The number of hydrogen-bond donors (Lipinski definition) is 1. The van der Waals surface area contributed by atoms with E-state index in [0.717, 1.165) is 12.1 Å². The van der Waals surface area contributed by atoms with E-state index in [1.807, 2.05) is 0 Å². The molecule has 2 aromatic carbocycles. The number of benzene rings is 2. The lowest BCUT2D eigenvalue weighted by Gasteiger charge is -2.09. The molecule has 0 amide bonds. The molecule has 2 aromatic rings. The molecule has 0 heterocycles. The van der Waals surface area contributed by atoms with Crippen LogP contribution in [0.1, 0.15) is 5.56 Å². The molecule has 0 aromatic heterocycles. The monoisotopic (exact) mass is 299 g/mol. The number of ether oxygens (including phenoxy) is 1. The molecular weight excluding hydrogens is 288 g/mol. The standard InChI is InChI=1S/C13H11F2NO3S/c1-8-6-11(14)12(15)7-13(8)19-9-2-4-10(5-3-9)20(16,17)18/h2-7H,1H3,(H2,16,17,18). The Morgan fingerprint density at radius 1 is 1.05 bits per heavy atom. The zero-order valence-corrected chi connectivity index (χ0v) is 11.2. The molecule has 20 heavy (non-hydrogen) atoms. The molecule has 0 radical (unpaired) electrons. The van der Waals surface area contributed by atoms with Crippen molar-refractivity contribution in [3.63, 3.8) is 0 Å².